The van der Waals surface area contributed by atoms with Gasteiger partial charge in [-0.3, -0.25) is 4.90 Å². The molecule has 0 radical (unpaired) electrons. The number of hydrogen-bond acceptors (Lipinski definition) is 5. The van der Waals surface area contributed by atoms with Crippen LogP contribution in [0.4, 0.5) is 0 Å². The van der Waals surface area contributed by atoms with E-state index < -0.39 is 0 Å². The summed E-state index contributed by atoms with van der Waals surface area (Å²) < 4.78 is 2.08. The van der Waals surface area contributed by atoms with Crippen molar-refractivity contribution >= 4 is 0 Å². The van der Waals surface area contributed by atoms with Gasteiger partial charge in [0, 0.05) is 0 Å². The minimum absolute atomic E-state index is 0.0171. The van der Waals surface area contributed by atoms with E-state index in [1.807, 2.05) is 18.2 Å². The third kappa shape index (κ3) is 4.44. The maximum atomic E-state index is 9.48. The Bertz CT molecular complexity index is 1060. The van der Waals surface area contributed by atoms with Crippen LogP contribution in [0.2, 0.25) is 0 Å². The summed E-state index contributed by atoms with van der Waals surface area (Å²) in [6.45, 7) is 2.02. The molecule has 0 unspecified atom stereocenters. The van der Waals surface area contributed by atoms with Crippen molar-refractivity contribution in [1.29, 1.82) is 5.26 Å². The zero-order chi connectivity index (χ0) is 21.8. The minimum Gasteiger partial charge on any atom is -0.290 e. The first kappa shape index (κ1) is 20.8. The lowest BCUT2D eigenvalue weighted by molar-refractivity contribution is 0.142. The van der Waals surface area contributed by atoms with E-state index >= 15 is 0 Å². The molecule has 2 aliphatic rings. The first-order chi connectivity index (χ1) is 15.8. The van der Waals surface area contributed by atoms with E-state index in [0.717, 1.165) is 56.6 Å². The van der Waals surface area contributed by atoms with Gasteiger partial charge in [0.2, 0.25) is 0 Å². The quantitative estimate of drug-likeness (QED) is 0.571. The molecule has 1 saturated carbocycles. The average molecular weight is 427 g/mol. The van der Waals surface area contributed by atoms with Crippen molar-refractivity contribution in [3.63, 3.8) is 0 Å². The molecule has 0 N–H and O–H groups in total. The molecular formula is C26H30N6. The van der Waals surface area contributed by atoms with E-state index in [9.17, 15) is 5.26 Å². The van der Waals surface area contributed by atoms with Crippen molar-refractivity contribution in [1.82, 2.24) is 25.1 Å². The Morgan fingerprint density at radius 2 is 1.75 bits per heavy atom. The fourth-order valence-corrected chi connectivity index (χ4v) is 5.45. The normalized spacial score (nSPS) is 19.1. The Balaban J connectivity index is 1.40. The highest BCUT2D eigenvalue weighted by molar-refractivity contribution is 5.36. The van der Waals surface area contributed by atoms with Crippen LogP contribution in [0.25, 0.3) is 0 Å². The number of piperidine rings is 1. The van der Waals surface area contributed by atoms with Crippen LogP contribution in [0.3, 0.4) is 0 Å². The van der Waals surface area contributed by atoms with Crippen LogP contribution >= 0.6 is 0 Å². The fraction of sp³-hybridized carbons (Fsp3) is 0.462. The summed E-state index contributed by atoms with van der Waals surface area (Å²) in [5, 5.41) is 22.5. The molecule has 6 heteroatoms. The summed E-state index contributed by atoms with van der Waals surface area (Å²) in [5.41, 5.74) is 3.22. The highest BCUT2D eigenvalue weighted by Gasteiger charge is 2.33. The second-order valence-corrected chi connectivity index (χ2v) is 9.23. The summed E-state index contributed by atoms with van der Waals surface area (Å²) >= 11 is 0. The Kier molecular flexibility index (Phi) is 6.27. The molecule has 1 atom stereocenters. The third-order valence-corrected chi connectivity index (χ3v) is 7.15. The molecule has 32 heavy (non-hydrogen) atoms. The lowest BCUT2D eigenvalue weighted by Crippen LogP contribution is -2.39. The molecular weight excluding hydrogens is 396 g/mol. The van der Waals surface area contributed by atoms with Crippen molar-refractivity contribution in [2.24, 2.45) is 5.92 Å². The maximum Gasteiger partial charge on any atom is 0.173 e. The summed E-state index contributed by atoms with van der Waals surface area (Å²) in [6, 6.07) is 21.5. The van der Waals surface area contributed by atoms with Crippen LogP contribution in [-0.2, 0) is 6.42 Å². The Morgan fingerprint density at radius 1 is 0.969 bits per heavy atom. The molecule has 164 valence electrons. The molecule has 0 amide bonds. The van der Waals surface area contributed by atoms with Crippen molar-refractivity contribution < 1.29 is 0 Å². The molecule has 1 saturated heterocycles. The number of likely N-dealkylation sites (tertiary alicyclic amines) is 1. The number of tetrazole rings is 1. The molecule has 6 nitrogen and oxygen atoms in total. The highest BCUT2D eigenvalue weighted by atomic mass is 15.6. The largest absolute Gasteiger partial charge is 0.290 e. The topological polar surface area (TPSA) is 70.6 Å². The predicted molar refractivity (Wildman–Crippen MR) is 123 cm³/mol. The van der Waals surface area contributed by atoms with Gasteiger partial charge in [0.25, 0.3) is 0 Å². The summed E-state index contributed by atoms with van der Waals surface area (Å²) in [4.78, 5) is 2.52. The van der Waals surface area contributed by atoms with Gasteiger partial charge in [-0.1, -0.05) is 55.3 Å². The van der Waals surface area contributed by atoms with Crippen molar-refractivity contribution in [2.45, 2.75) is 57.0 Å². The van der Waals surface area contributed by atoms with E-state index in [0.29, 0.717) is 17.5 Å². The number of aromatic nitrogens is 4. The number of benzene rings is 2. The highest BCUT2D eigenvalue weighted by Crippen LogP contribution is 2.36. The number of nitriles is 1. The van der Waals surface area contributed by atoms with Crippen molar-refractivity contribution in [3.05, 3.63) is 77.1 Å². The molecule has 1 aliphatic heterocycles. The van der Waals surface area contributed by atoms with Crippen molar-refractivity contribution in [3.8, 4) is 6.07 Å². The van der Waals surface area contributed by atoms with Gasteiger partial charge < -0.3 is 0 Å². The van der Waals surface area contributed by atoms with Crippen molar-refractivity contribution in [2.75, 3.05) is 13.1 Å². The first-order valence-corrected chi connectivity index (χ1v) is 11.9. The second kappa shape index (κ2) is 9.62. The minimum atomic E-state index is -0.0171. The summed E-state index contributed by atoms with van der Waals surface area (Å²) in [7, 11) is 0. The second-order valence-electron chi connectivity index (χ2n) is 9.23. The molecule has 1 aromatic heterocycles. The molecule has 2 aromatic carbocycles. The van der Waals surface area contributed by atoms with Crippen LogP contribution in [0.15, 0.2) is 54.6 Å². The Morgan fingerprint density at radius 3 is 2.50 bits per heavy atom. The van der Waals surface area contributed by atoms with E-state index in [-0.39, 0.29) is 6.04 Å². The fourth-order valence-electron chi connectivity index (χ4n) is 5.45. The van der Waals surface area contributed by atoms with Gasteiger partial charge in [0.15, 0.2) is 5.82 Å². The zero-order valence-electron chi connectivity index (χ0n) is 18.5. The monoisotopic (exact) mass is 426 g/mol. The summed E-state index contributed by atoms with van der Waals surface area (Å²) in [5.74, 6) is 1.62. The molecule has 0 spiro atoms. The number of hydrogen-bond donors (Lipinski definition) is 0. The molecule has 3 aromatic rings. The smallest absolute Gasteiger partial charge is 0.173 e. The summed E-state index contributed by atoms with van der Waals surface area (Å²) in [6.07, 6.45) is 8.23. The molecule has 2 fully saturated rings. The van der Waals surface area contributed by atoms with E-state index in [4.69, 9.17) is 0 Å². The third-order valence-electron chi connectivity index (χ3n) is 7.15. The average Bonchev–Trinajstić information content (AvgIpc) is 3.54. The van der Waals surface area contributed by atoms with Gasteiger partial charge in [-0.05, 0) is 84.8 Å². The lowest BCUT2D eigenvalue weighted by atomic mass is 9.88. The molecule has 0 bridgehead atoms. The van der Waals surface area contributed by atoms with Crippen LogP contribution in [0.5, 0.6) is 0 Å². The van der Waals surface area contributed by atoms with E-state index in [2.05, 4.69) is 67.6 Å². The first-order valence-electron chi connectivity index (χ1n) is 11.9. The van der Waals surface area contributed by atoms with E-state index in [1.165, 1.54) is 18.4 Å². The Labute approximate surface area is 189 Å². The van der Waals surface area contributed by atoms with Gasteiger partial charge in [-0.25, -0.2) is 4.68 Å². The van der Waals surface area contributed by atoms with E-state index in [1.54, 1.807) is 0 Å². The standard InChI is InChI=1S/C26H30N6/c27-19-22-9-6-10-23(18-22)25(26-28-29-30-32(26)24-11-4-5-12-24)31-15-13-21(14-16-31)17-20-7-2-1-3-8-20/h1-3,6-10,18,21,24-25H,4-5,11-17H2/t25-/m0/s1. The van der Waals surface area contributed by atoms with Crippen LogP contribution < -0.4 is 0 Å². The van der Waals surface area contributed by atoms with Gasteiger partial charge in [0.05, 0.1) is 23.7 Å². The van der Waals surface area contributed by atoms with Crippen LogP contribution in [0.1, 0.15) is 73.1 Å². The van der Waals surface area contributed by atoms with Gasteiger partial charge >= 0.3 is 0 Å². The maximum absolute atomic E-state index is 9.48. The van der Waals surface area contributed by atoms with Crippen LogP contribution in [0, 0.1) is 17.2 Å². The number of rotatable bonds is 6. The molecule has 1 aliphatic carbocycles. The lowest BCUT2D eigenvalue weighted by Gasteiger charge is -2.37. The van der Waals surface area contributed by atoms with Gasteiger partial charge in [0.1, 0.15) is 0 Å². The predicted octanol–water partition coefficient (Wildman–Crippen LogP) is 4.70. The number of nitrogens with zero attached hydrogens (tertiary/aromatic N) is 6. The molecule has 2 heterocycles. The van der Waals surface area contributed by atoms with Gasteiger partial charge in [-0.2, -0.15) is 5.26 Å². The SMILES string of the molecule is N#Cc1cccc([C@@H](c2nnnn2C2CCCC2)N2CCC(Cc3ccccc3)CC2)c1. The molecule has 5 rings (SSSR count). The van der Waals surface area contributed by atoms with Crippen LogP contribution in [-0.4, -0.2) is 38.2 Å². The van der Waals surface area contributed by atoms with Gasteiger partial charge in [-0.15, -0.1) is 5.10 Å². The Hall–Kier alpha value is -3.04. The zero-order valence-corrected chi connectivity index (χ0v) is 18.5.